The molecule has 0 unspecified atom stereocenters. The summed E-state index contributed by atoms with van der Waals surface area (Å²) in [7, 11) is 0. The van der Waals surface area contributed by atoms with Crippen LogP contribution < -0.4 is 15.5 Å². The summed E-state index contributed by atoms with van der Waals surface area (Å²) < 4.78 is 7.36. The van der Waals surface area contributed by atoms with E-state index in [4.69, 9.17) is 4.74 Å². The summed E-state index contributed by atoms with van der Waals surface area (Å²) in [6, 6.07) is -0.555. The molecule has 0 aromatic carbocycles. The highest BCUT2D eigenvalue weighted by Crippen LogP contribution is 2.22. The summed E-state index contributed by atoms with van der Waals surface area (Å²) in [4.78, 5) is 25.8. The van der Waals surface area contributed by atoms with Gasteiger partial charge in [0.15, 0.2) is 5.16 Å². The van der Waals surface area contributed by atoms with Crippen LogP contribution in [-0.2, 0) is 20.9 Å². The van der Waals surface area contributed by atoms with Crippen LogP contribution in [0.15, 0.2) is 5.16 Å². The lowest BCUT2D eigenvalue weighted by Gasteiger charge is -2.27. The van der Waals surface area contributed by atoms with Crippen LogP contribution in [0.3, 0.4) is 0 Å². The number of rotatable bonds is 8. The predicted molar refractivity (Wildman–Crippen MR) is 95.7 cm³/mol. The fraction of sp³-hybridized carbons (Fsp3) is 0.733. The zero-order valence-electron chi connectivity index (χ0n) is 14.9. The Morgan fingerprint density at radius 3 is 2.64 bits per heavy atom. The van der Waals surface area contributed by atoms with Crippen LogP contribution in [-0.4, -0.2) is 71.2 Å². The first-order valence-electron chi connectivity index (χ1n) is 8.52. The summed E-state index contributed by atoms with van der Waals surface area (Å²) in [6.07, 6.45) is 0. The number of carbonyl (C=O) groups excluding carboxylic acids is 2. The number of likely N-dealkylation sites (N-methyl/N-ethyl adjacent to an activating group) is 1. The first kappa shape index (κ1) is 19.5. The molecule has 2 N–H and O–H groups in total. The molecule has 10 heteroatoms. The fourth-order valence-corrected chi connectivity index (χ4v) is 3.28. The second-order valence-electron chi connectivity index (χ2n) is 5.60. The predicted octanol–water partition coefficient (Wildman–Crippen LogP) is -0.132. The highest BCUT2D eigenvalue weighted by Gasteiger charge is 2.21. The quantitative estimate of drug-likeness (QED) is 0.615. The first-order valence-corrected chi connectivity index (χ1v) is 9.51. The fourth-order valence-electron chi connectivity index (χ4n) is 2.47. The molecule has 1 aromatic heterocycles. The van der Waals surface area contributed by atoms with E-state index in [1.807, 2.05) is 18.4 Å². The molecule has 1 atom stereocenters. The van der Waals surface area contributed by atoms with Crippen LogP contribution in [0.4, 0.5) is 5.95 Å². The molecule has 25 heavy (non-hydrogen) atoms. The van der Waals surface area contributed by atoms with E-state index < -0.39 is 6.04 Å². The SMILES string of the molecule is CCNC(=O)[C@@H](C)NC(=O)CSc1nnc(N2CCOCC2)n1CC. The van der Waals surface area contributed by atoms with Crippen molar-refractivity contribution in [2.45, 2.75) is 38.5 Å². The van der Waals surface area contributed by atoms with Crippen molar-refractivity contribution in [3.63, 3.8) is 0 Å². The van der Waals surface area contributed by atoms with Gasteiger partial charge in [-0.1, -0.05) is 11.8 Å². The molecule has 1 aromatic rings. The van der Waals surface area contributed by atoms with Gasteiger partial charge in [0.25, 0.3) is 0 Å². The number of amides is 2. The van der Waals surface area contributed by atoms with E-state index in [0.29, 0.717) is 24.9 Å². The number of nitrogens with zero attached hydrogens (tertiary/aromatic N) is 4. The van der Waals surface area contributed by atoms with Crippen molar-refractivity contribution in [1.82, 2.24) is 25.4 Å². The van der Waals surface area contributed by atoms with Gasteiger partial charge in [-0.25, -0.2) is 0 Å². The van der Waals surface area contributed by atoms with E-state index in [9.17, 15) is 9.59 Å². The van der Waals surface area contributed by atoms with Gasteiger partial charge >= 0.3 is 0 Å². The van der Waals surface area contributed by atoms with E-state index in [0.717, 1.165) is 25.6 Å². The Balaban J connectivity index is 1.91. The minimum atomic E-state index is -0.555. The average molecular weight is 370 g/mol. The van der Waals surface area contributed by atoms with Gasteiger partial charge in [-0.15, -0.1) is 10.2 Å². The van der Waals surface area contributed by atoms with Crippen molar-refractivity contribution >= 4 is 29.5 Å². The van der Waals surface area contributed by atoms with Gasteiger partial charge in [0.05, 0.1) is 19.0 Å². The number of carbonyl (C=O) groups is 2. The van der Waals surface area contributed by atoms with Gasteiger partial charge in [-0.3, -0.25) is 14.2 Å². The molecular weight excluding hydrogens is 344 g/mol. The maximum absolute atomic E-state index is 12.0. The maximum Gasteiger partial charge on any atom is 0.242 e. The van der Waals surface area contributed by atoms with Crippen LogP contribution in [0.1, 0.15) is 20.8 Å². The second-order valence-corrected chi connectivity index (χ2v) is 6.54. The summed E-state index contributed by atoms with van der Waals surface area (Å²) >= 11 is 1.32. The molecular formula is C15H26N6O3S. The second kappa shape index (κ2) is 9.62. The Labute approximate surface area is 151 Å². The minimum absolute atomic E-state index is 0.186. The van der Waals surface area contributed by atoms with Crippen LogP contribution >= 0.6 is 11.8 Å². The number of ether oxygens (including phenoxy) is 1. The maximum atomic E-state index is 12.0. The zero-order chi connectivity index (χ0) is 18.2. The molecule has 9 nitrogen and oxygen atoms in total. The van der Waals surface area contributed by atoms with E-state index in [2.05, 4.69) is 25.7 Å². The van der Waals surface area contributed by atoms with Crippen molar-refractivity contribution in [3.05, 3.63) is 0 Å². The van der Waals surface area contributed by atoms with Gasteiger partial charge in [0, 0.05) is 26.2 Å². The Morgan fingerprint density at radius 2 is 2.00 bits per heavy atom. The van der Waals surface area contributed by atoms with Gasteiger partial charge < -0.3 is 20.3 Å². The highest BCUT2D eigenvalue weighted by atomic mass is 32.2. The van der Waals surface area contributed by atoms with Gasteiger partial charge in [-0.2, -0.15) is 0 Å². The van der Waals surface area contributed by atoms with Crippen LogP contribution in [0.25, 0.3) is 0 Å². The molecule has 1 aliphatic rings. The lowest BCUT2D eigenvalue weighted by atomic mass is 10.3. The number of morpholine rings is 1. The van der Waals surface area contributed by atoms with Gasteiger partial charge in [0.2, 0.25) is 17.8 Å². The molecule has 0 aliphatic carbocycles. The molecule has 1 aliphatic heterocycles. The molecule has 2 amide bonds. The summed E-state index contributed by atoms with van der Waals surface area (Å²) in [6.45, 7) is 9.72. The Morgan fingerprint density at radius 1 is 1.28 bits per heavy atom. The summed E-state index contributed by atoms with van der Waals surface area (Å²) in [5, 5.41) is 14.5. The summed E-state index contributed by atoms with van der Waals surface area (Å²) in [5.41, 5.74) is 0. The zero-order valence-corrected chi connectivity index (χ0v) is 15.8. The van der Waals surface area contributed by atoms with Crippen molar-refractivity contribution in [2.24, 2.45) is 0 Å². The van der Waals surface area contributed by atoms with Crippen LogP contribution in [0, 0.1) is 0 Å². The smallest absolute Gasteiger partial charge is 0.242 e. The van der Waals surface area contributed by atoms with Gasteiger partial charge in [0.1, 0.15) is 6.04 Å². The normalized spacial score (nSPS) is 15.7. The van der Waals surface area contributed by atoms with E-state index >= 15 is 0 Å². The molecule has 0 spiro atoms. The van der Waals surface area contributed by atoms with Crippen LogP contribution in [0.2, 0.25) is 0 Å². The van der Waals surface area contributed by atoms with Crippen molar-refractivity contribution in [1.29, 1.82) is 0 Å². The third-order valence-corrected chi connectivity index (χ3v) is 4.73. The van der Waals surface area contributed by atoms with Crippen molar-refractivity contribution < 1.29 is 14.3 Å². The largest absolute Gasteiger partial charge is 0.378 e. The Kier molecular flexibility index (Phi) is 7.51. The van der Waals surface area contributed by atoms with E-state index in [1.54, 1.807) is 6.92 Å². The number of anilines is 1. The van der Waals surface area contributed by atoms with E-state index in [1.165, 1.54) is 11.8 Å². The number of aromatic nitrogens is 3. The Bertz CT molecular complexity index is 588. The molecule has 0 bridgehead atoms. The number of nitrogens with one attached hydrogen (secondary N) is 2. The molecule has 2 heterocycles. The molecule has 0 radical (unpaired) electrons. The van der Waals surface area contributed by atoms with Gasteiger partial charge in [-0.05, 0) is 20.8 Å². The lowest BCUT2D eigenvalue weighted by molar-refractivity contribution is -0.127. The Hall–Kier alpha value is -1.81. The molecule has 140 valence electrons. The summed E-state index contributed by atoms with van der Waals surface area (Å²) in [5.74, 6) is 0.601. The molecule has 0 saturated carbocycles. The third kappa shape index (κ3) is 5.33. The number of hydrogen-bond donors (Lipinski definition) is 2. The minimum Gasteiger partial charge on any atom is -0.378 e. The standard InChI is InChI=1S/C15H26N6O3S/c1-4-16-13(23)11(3)17-12(22)10-25-15-19-18-14(21(15)5-2)20-6-8-24-9-7-20/h11H,4-10H2,1-3H3,(H,16,23)(H,17,22)/t11-/m1/s1. The monoisotopic (exact) mass is 370 g/mol. The molecule has 2 rings (SSSR count). The van der Waals surface area contributed by atoms with Crippen molar-refractivity contribution in [3.8, 4) is 0 Å². The first-order chi connectivity index (χ1) is 12.1. The lowest BCUT2D eigenvalue weighted by Crippen LogP contribution is -2.45. The highest BCUT2D eigenvalue weighted by molar-refractivity contribution is 7.99. The van der Waals surface area contributed by atoms with Crippen LogP contribution in [0.5, 0.6) is 0 Å². The third-order valence-electron chi connectivity index (χ3n) is 3.76. The molecule has 1 fully saturated rings. The number of thioether (sulfide) groups is 1. The number of hydrogen-bond acceptors (Lipinski definition) is 7. The van der Waals surface area contributed by atoms with Crippen molar-refractivity contribution in [2.75, 3.05) is 43.5 Å². The topological polar surface area (TPSA) is 101 Å². The average Bonchev–Trinajstić information content (AvgIpc) is 3.03. The molecule has 1 saturated heterocycles. The van der Waals surface area contributed by atoms with E-state index in [-0.39, 0.29) is 17.6 Å².